The number of aryl methyl sites for hydroxylation is 1. The molecule has 10 nitrogen and oxygen atoms in total. The van der Waals surface area contributed by atoms with Gasteiger partial charge in [0.15, 0.2) is 0 Å². The minimum absolute atomic E-state index is 0.0570. The van der Waals surface area contributed by atoms with Crippen LogP contribution in [0, 0.1) is 10.1 Å². The van der Waals surface area contributed by atoms with Crippen molar-refractivity contribution in [1.29, 1.82) is 0 Å². The van der Waals surface area contributed by atoms with Gasteiger partial charge in [0.05, 0.1) is 10.4 Å². The van der Waals surface area contributed by atoms with Gasteiger partial charge < -0.3 is 9.67 Å². The van der Waals surface area contributed by atoms with Crippen molar-refractivity contribution < 1.29 is 19.6 Å². The van der Waals surface area contributed by atoms with E-state index in [1.54, 1.807) is 24.3 Å². The molecule has 10 heteroatoms. The topological polar surface area (TPSA) is 144 Å². The number of carbonyl (C=O) groups is 2. The summed E-state index contributed by atoms with van der Waals surface area (Å²) in [5.41, 5.74) is 3.21. The average molecular weight is 382 g/mol. The van der Waals surface area contributed by atoms with Crippen molar-refractivity contribution in [3.63, 3.8) is 0 Å². The molecule has 0 bridgehead atoms. The van der Waals surface area contributed by atoms with Gasteiger partial charge in [-0.2, -0.15) is 0 Å². The predicted octanol–water partition coefficient (Wildman–Crippen LogP) is 1.23. The molecule has 1 heterocycles. The Morgan fingerprint density at radius 2 is 1.64 bits per heavy atom. The summed E-state index contributed by atoms with van der Waals surface area (Å²) in [6.07, 6.45) is 0. The molecule has 0 saturated carbocycles. The lowest BCUT2D eigenvalue weighted by Gasteiger charge is -2.12. The number of aromatic nitrogens is 1. The highest BCUT2D eigenvalue weighted by Crippen LogP contribution is 2.25. The van der Waals surface area contributed by atoms with Gasteiger partial charge in [-0.1, -0.05) is 12.1 Å². The average Bonchev–Trinajstić information content (AvgIpc) is 2.70. The third kappa shape index (κ3) is 3.26. The van der Waals surface area contributed by atoms with Gasteiger partial charge in [-0.3, -0.25) is 35.3 Å². The number of nitro benzene ring substituents is 1. The number of fused-ring (bicyclic) bond motifs is 1. The van der Waals surface area contributed by atoms with Gasteiger partial charge in [0, 0.05) is 30.1 Å². The maximum absolute atomic E-state index is 12.4. The summed E-state index contributed by atoms with van der Waals surface area (Å²) in [6.45, 7) is 0. The van der Waals surface area contributed by atoms with Crippen LogP contribution in [0.4, 0.5) is 5.69 Å². The number of para-hydroxylation sites is 1. The second kappa shape index (κ2) is 7.19. The number of non-ortho nitro benzene ring substituents is 1. The molecule has 142 valence electrons. The van der Waals surface area contributed by atoms with Crippen LogP contribution in [0.5, 0.6) is 5.75 Å². The van der Waals surface area contributed by atoms with Gasteiger partial charge in [0.25, 0.3) is 23.1 Å². The Labute approximate surface area is 157 Å². The number of benzene rings is 2. The number of nitrogens with one attached hydrogen (secondary N) is 2. The van der Waals surface area contributed by atoms with Crippen molar-refractivity contribution in [1.82, 2.24) is 15.4 Å². The van der Waals surface area contributed by atoms with Crippen molar-refractivity contribution in [3.05, 3.63) is 80.1 Å². The molecule has 0 aliphatic carbocycles. The third-order valence-corrected chi connectivity index (χ3v) is 4.13. The van der Waals surface area contributed by atoms with Crippen LogP contribution in [0.1, 0.15) is 20.7 Å². The number of aromatic hydroxyl groups is 1. The summed E-state index contributed by atoms with van der Waals surface area (Å²) < 4.78 is 1.21. The highest BCUT2D eigenvalue weighted by atomic mass is 16.6. The number of hydrogen-bond donors (Lipinski definition) is 3. The van der Waals surface area contributed by atoms with Crippen molar-refractivity contribution in [2.45, 2.75) is 0 Å². The molecule has 3 rings (SSSR count). The Balaban J connectivity index is 1.83. The summed E-state index contributed by atoms with van der Waals surface area (Å²) in [4.78, 5) is 46.9. The minimum atomic E-state index is -1.00. The zero-order valence-corrected chi connectivity index (χ0v) is 14.5. The number of rotatable bonds is 3. The van der Waals surface area contributed by atoms with Crippen LogP contribution in [0.2, 0.25) is 0 Å². The Morgan fingerprint density at radius 3 is 2.29 bits per heavy atom. The molecular formula is C18H14N4O6. The van der Waals surface area contributed by atoms with Crippen molar-refractivity contribution in [2.24, 2.45) is 7.05 Å². The number of pyridine rings is 1. The maximum atomic E-state index is 12.4. The first kappa shape index (κ1) is 18.6. The molecule has 0 spiro atoms. The quantitative estimate of drug-likeness (QED) is 0.459. The lowest BCUT2D eigenvalue weighted by atomic mass is 10.1. The standard InChI is InChI=1S/C18H14N4O6/c1-21-13-5-3-2-4-12(13)15(23)14(18(21)26)17(25)20-19-16(24)10-6-8-11(9-7-10)22(27)28/h2-9,23H,1H3,(H,19,24)(H,20,25). The van der Waals surface area contributed by atoms with Crippen LogP contribution >= 0.6 is 0 Å². The summed E-state index contributed by atoms with van der Waals surface area (Å²) in [5.74, 6) is -2.25. The van der Waals surface area contributed by atoms with Gasteiger partial charge in [-0.15, -0.1) is 0 Å². The molecule has 0 radical (unpaired) electrons. The van der Waals surface area contributed by atoms with Crippen LogP contribution in [-0.4, -0.2) is 26.4 Å². The Bertz CT molecular complexity index is 1170. The highest BCUT2D eigenvalue weighted by Gasteiger charge is 2.21. The van der Waals surface area contributed by atoms with E-state index in [9.17, 15) is 29.6 Å². The molecule has 3 N–H and O–H groups in total. The number of carbonyl (C=O) groups excluding carboxylic acids is 2. The Kier molecular flexibility index (Phi) is 4.77. The van der Waals surface area contributed by atoms with E-state index in [1.165, 1.54) is 23.7 Å². The summed E-state index contributed by atoms with van der Waals surface area (Å²) >= 11 is 0. The first-order valence-corrected chi connectivity index (χ1v) is 7.97. The molecule has 0 aliphatic heterocycles. The second-order valence-corrected chi connectivity index (χ2v) is 5.82. The lowest BCUT2D eigenvalue weighted by molar-refractivity contribution is -0.384. The number of nitro groups is 1. The number of amides is 2. The molecule has 0 fully saturated rings. The van der Waals surface area contributed by atoms with Crippen LogP contribution in [0.15, 0.2) is 53.3 Å². The number of nitrogens with zero attached hydrogens (tertiary/aromatic N) is 2. The number of hydrazine groups is 1. The number of hydrogen-bond acceptors (Lipinski definition) is 6. The fraction of sp³-hybridized carbons (Fsp3) is 0.0556. The van der Waals surface area contributed by atoms with Crippen LogP contribution in [0.25, 0.3) is 10.9 Å². The van der Waals surface area contributed by atoms with Gasteiger partial charge in [0.1, 0.15) is 11.3 Å². The fourth-order valence-electron chi connectivity index (χ4n) is 2.67. The smallest absolute Gasteiger partial charge is 0.279 e. The van der Waals surface area contributed by atoms with Crippen LogP contribution in [0.3, 0.4) is 0 Å². The monoisotopic (exact) mass is 382 g/mol. The summed E-state index contributed by atoms with van der Waals surface area (Å²) in [6, 6.07) is 11.2. The molecule has 0 unspecified atom stereocenters. The Morgan fingerprint density at radius 1 is 1.04 bits per heavy atom. The van der Waals surface area contributed by atoms with Gasteiger partial charge in [-0.25, -0.2) is 0 Å². The highest BCUT2D eigenvalue weighted by molar-refractivity contribution is 6.03. The first-order chi connectivity index (χ1) is 13.3. The van der Waals surface area contributed by atoms with Crippen molar-refractivity contribution in [2.75, 3.05) is 0 Å². The summed E-state index contributed by atoms with van der Waals surface area (Å²) in [7, 11) is 1.45. The van der Waals surface area contributed by atoms with Gasteiger partial charge in [-0.05, 0) is 24.3 Å². The zero-order valence-electron chi connectivity index (χ0n) is 14.5. The molecule has 28 heavy (non-hydrogen) atoms. The SMILES string of the molecule is Cn1c(=O)c(C(=O)NNC(=O)c2ccc([N+](=O)[O-])cc2)c(O)c2ccccc21. The van der Waals surface area contributed by atoms with E-state index in [0.29, 0.717) is 10.9 Å². The molecule has 3 aromatic rings. The van der Waals surface area contributed by atoms with Crippen LogP contribution < -0.4 is 16.4 Å². The van der Waals surface area contributed by atoms with E-state index in [2.05, 4.69) is 10.9 Å². The molecule has 0 atom stereocenters. The molecule has 2 amide bonds. The predicted molar refractivity (Wildman–Crippen MR) is 98.9 cm³/mol. The van der Waals surface area contributed by atoms with Gasteiger partial charge >= 0.3 is 0 Å². The van der Waals surface area contributed by atoms with E-state index in [-0.39, 0.29) is 11.3 Å². The van der Waals surface area contributed by atoms with E-state index in [4.69, 9.17) is 0 Å². The minimum Gasteiger partial charge on any atom is -0.506 e. The van der Waals surface area contributed by atoms with E-state index >= 15 is 0 Å². The molecular weight excluding hydrogens is 368 g/mol. The van der Waals surface area contributed by atoms with Crippen LogP contribution in [-0.2, 0) is 7.05 Å². The molecule has 0 saturated heterocycles. The molecule has 2 aromatic carbocycles. The van der Waals surface area contributed by atoms with E-state index in [0.717, 1.165) is 12.1 Å². The second-order valence-electron chi connectivity index (χ2n) is 5.82. The van der Waals surface area contributed by atoms with E-state index in [1.807, 2.05) is 0 Å². The summed E-state index contributed by atoms with van der Waals surface area (Å²) in [5, 5.41) is 21.3. The normalized spacial score (nSPS) is 10.5. The van der Waals surface area contributed by atoms with Crippen molar-refractivity contribution >= 4 is 28.4 Å². The Hall–Kier alpha value is -4.21. The lowest BCUT2D eigenvalue weighted by Crippen LogP contribution is -2.44. The zero-order chi connectivity index (χ0) is 20.4. The van der Waals surface area contributed by atoms with Crippen molar-refractivity contribution in [3.8, 4) is 5.75 Å². The molecule has 1 aromatic heterocycles. The van der Waals surface area contributed by atoms with E-state index < -0.39 is 33.6 Å². The van der Waals surface area contributed by atoms with Gasteiger partial charge in [0.2, 0.25) is 0 Å². The third-order valence-electron chi connectivity index (χ3n) is 4.13. The molecule has 0 aliphatic rings. The maximum Gasteiger partial charge on any atom is 0.279 e. The largest absolute Gasteiger partial charge is 0.506 e. The fourth-order valence-corrected chi connectivity index (χ4v) is 2.67. The first-order valence-electron chi connectivity index (χ1n) is 7.97.